The van der Waals surface area contributed by atoms with Crippen molar-refractivity contribution in [3.8, 4) is 0 Å². The van der Waals surface area contributed by atoms with E-state index >= 15 is 4.39 Å². The van der Waals surface area contributed by atoms with Gasteiger partial charge in [-0.1, -0.05) is 25.4 Å². The molecule has 0 saturated carbocycles. The number of allylic oxidation sites excluding steroid dienone is 4. The number of hydrogen-bond acceptors (Lipinski definition) is 7. The number of rotatable bonds is 4. The molecule has 2 amide bonds. The molecule has 12 heteroatoms. The first kappa shape index (κ1) is 28.7. The molecule has 10 nitrogen and oxygen atoms in total. The lowest BCUT2D eigenvalue weighted by molar-refractivity contribution is -0.120. The molecule has 1 N–H and O–H groups in total. The van der Waals surface area contributed by atoms with Crippen LogP contribution < -0.4 is 10.2 Å². The first-order chi connectivity index (χ1) is 19.7. The summed E-state index contributed by atoms with van der Waals surface area (Å²) in [4.78, 5) is 48.5. The van der Waals surface area contributed by atoms with Gasteiger partial charge in [-0.25, -0.2) is 19.3 Å². The Bertz CT molecular complexity index is 1470. The summed E-state index contributed by atoms with van der Waals surface area (Å²) in [6.07, 6.45) is 5.65. The van der Waals surface area contributed by atoms with Gasteiger partial charge < -0.3 is 15.1 Å². The van der Waals surface area contributed by atoms with E-state index in [1.54, 1.807) is 18.0 Å². The van der Waals surface area contributed by atoms with E-state index in [1.165, 1.54) is 17.3 Å². The van der Waals surface area contributed by atoms with Crippen LogP contribution in [0.2, 0.25) is 5.02 Å². The number of aliphatic imine (C=N–C) groups is 1. The normalized spacial score (nSPS) is 21.2. The maximum Gasteiger partial charge on any atom is 0.220 e. The van der Waals surface area contributed by atoms with Gasteiger partial charge >= 0.3 is 0 Å². The highest BCUT2D eigenvalue weighted by atomic mass is 35.5. The Morgan fingerprint density at radius 1 is 1.22 bits per heavy atom. The van der Waals surface area contributed by atoms with E-state index in [4.69, 9.17) is 16.6 Å². The Balaban J connectivity index is 1.82. The highest BCUT2D eigenvalue weighted by molar-refractivity contribution is 6.33. The van der Waals surface area contributed by atoms with E-state index < -0.39 is 5.83 Å². The Hall–Kier alpha value is -3.86. The Morgan fingerprint density at radius 3 is 2.66 bits per heavy atom. The largest absolute Gasteiger partial charge is 0.380 e. The maximum atomic E-state index is 15.5. The molecule has 2 atom stereocenters. The molecular formula is C29H34ClFN8O2. The average molecular weight is 581 g/mol. The minimum absolute atomic E-state index is 0.0415. The minimum atomic E-state index is -0.425. The molecule has 2 aliphatic heterocycles. The lowest BCUT2D eigenvalue weighted by Gasteiger charge is -2.41. The van der Waals surface area contributed by atoms with E-state index in [0.29, 0.717) is 73.1 Å². The zero-order valence-electron chi connectivity index (χ0n) is 23.9. The highest BCUT2D eigenvalue weighted by Crippen LogP contribution is 2.43. The lowest BCUT2D eigenvalue weighted by Crippen LogP contribution is -2.54. The van der Waals surface area contributed by atoms with Gasteiger partial charge in [0.2, 0.25) is 12.8 Å². The Kier molecular flexibility index (Phi) is 8.08. The summed E-state index contributed by atoms with van der Waals surface area (Å²) in [5.74, 6) is 0.348. The summed E-state index contributed by atoms with van der Waals surface area (Å²) in [6, 6.07) is 1.25. The molecule has 2 aromatic heterocycles. The molecule has 216 valence electrons. The SMILES string of the molecule is C/N=C(\c1cc(Cl)c2nc1N(C=O)c1c(C(C)C)ncnc1C(C)NC1=C2C(F)=CCC1)N1CCN(C=O)CC1C. The fraction of sp³-hybridized carbons (Fsp3) is 0.448. The second kappa shape index (κ2) is 11.6. The van der Waals surface area contributed by atoms with Gasteiger partial charge in [-0.2, -0.15) is 0 Å². The third-order valence-electron chi connectivity index (χ3n) is 7.79. The smallest absolute Gasteiger partial charge is 0.220 e. The van der Waals surface area contributed by atoms with Crippen molar-refractivity contribution in [2.75, 3.05) is 31.6 Å². The van der Waals surface area contributed by atoms with Crippen molar-refractivity contribution < 1.29 is 14.0 Å². The van der Waals surface area contributed by atoms with Crippen LogP contribution in [0.15, 0.2) is 35.0 Å². The lowest BCUT2D eigenvalue weighted by atomic mass is 9.95. The number of carbonyl (C=O) groups excluding carboxylic acids is 2. The van der Waals surface area contributed by atoms with Gasteiger partial charge in [0.1, 0.15) is 18.0 Å². The van der Waals surface area contributed by atoms with E-state index in [9.17, 15) is 9.59 Å². The summed E-state index contributed by atoms with van der Waals surface area (Å²) >= 11 is 6.89. The quantitative estimate of drug-likeness (QED) is 0.322. The number of carbonyl (C=O) groups is 2. The summed E-state index contributed by atoms with van der Waals surface area (Å²) in [7, 11) is 1.67. The number of amidine groups is 1. The number of hydrogen-bond donors (Lipinski definition) is 1. The van der Waals surface area contributed by atoms with Crippen molar-refractivity contribution in [2.45, 2.75) is 58.5 Å². The van der Waals surface area contributed by atoms with Crippen LogP contribution in [0, 0.1) is 0 Å². The Morgan fingerprint density at radius 2 is 2.00 bits per heavy atom. The molecule has 0 spiro atoms. The Labute approximate surface area is 244 Å². The van der Waals surface area contributed by atoms with E-state index in [0.717, 1.165) is 6.41 Å². The van der Waals surface area contributed by atoms with Crippen molar-refractivity contribution in [1.82, 2.24) is 30.1 Å². The number of nitrogens with zero attached hydrogens (tertiary/aromatic N) is 7. The zero-order chi connectivity index (χ0) is 29.4. The molecule has 0 aromatic carbocycles. The molecule has 4 heterocycles. The summed E-state index contributed by atoms with van der Waals surface area (Å²) in [6.45, 7) is 9.49. The minimum Gasteiger partial charge on any atom is -0.380 e. The van der Waals surface area contributed by atoms with Crippen LogP contribution >= 0.6 is 11.6 Å². The number of aromatic nitrogens is 3. The van der Waals surface area contributed by atoms with Crippen LogP contribution in [0.3, 0.4) is 0 Å². The molecule has 1 saturated heterocycles. The van der Waals surface area contributed by atoms with Crippen molar-refractivity contribution in [1.29, 1.82) is 0 Å². The fourth-order valence-electron chi connectivity index (χ4n) is 5.85. The van der Waals surface area contributed by atoms with Crippen LogP contribution in [0.4, 0.5) is 15.9 Å². The number of piperazine rings is 1. The van der Waals surface area contributed by atoms with Gasteiger partial charge in [0, 0.05) is 38.4 Å². The fourth-order valence-corrected chi connectivity index (χ4v) is 6.09. The van der Waals surface area contributed by atoms with Gasteiger partial charge in [0.15, 0.2) is 5.82 Å². The van der Waals surface area contributed by atoms with Crippen molar-refractivity contribution in [2.24, 2.45) is 4.99 Å². The second-order valence-corrected chi connectivity index (χ2v) is 11.2. The number of amides is 2. The molecule has 2 aromatic rings. The average Bonchev–Trinajstić information content (AvgIpc) is 2.95. The molecular weight excluding hydrogens is 547 g/mol. The van der Waals surface area contributed by atoms with E-state index in [-0.39, 0.29) is 40.1 Å². The first-order valence-electron chi connectivity index (χ1n) is 13.8. The maximum absolute atomic E-state index is 15.5. The van der Waals surface area contributed by atoms with Crippen LogP contribution in [0.1, 0.15) is 75.1 Å². The number of halogens is 2. The van der Waals surface area contributed by atoms with Crippen LogP contribution in [-0.4, -0.2) is 76.1 Å². The van der Waals surface area contributed by atoms with Crippen molar-refractivity contribution in [3.05, 3.63) is 57.7 Å². The summed E-state index contributed by atoms with van der Waals surface area (Å²) in [5, 5.41) is 3.67. The van der Waals surface area contributed by atoms with Gasteiger partial charge in [-0.05, 0) is 44.7 Å². The molecule has 3 aliphatic rings. The van der Waals surface area contributed by atoms with E-state index in [1.807, 2.05) is 27.7 Å². The predicted octanol–water partition coefficient (Wildman–Crippen LogP) is 4.50. The van der Waals surface area contributed by atoms with E-state index in [2.05, 4.69) is 25.2 Å². The van der Waals surface area contributed by atoms with Crippen LogP contribution in [0.5, 0.6) is 0 Å². The van der Waals surface area contributed by atoms with Crippen molar-refractivity contribution in [3.63, 3.8) is 0 Å². The third kappa shape index (κ3) is 5.07. The monoisotopic (exact) mass is 580 g/mol. The number of anilines is 2. The van der Waals surface area contributed by atoms with Gasteiger partial charge in [-0.15, -0.1) is 0 Å². The predicted molar refractivity (Wildman–Crippen MR) is 157 cm³/mol. The molecule has 5 rings (SSSR count). The highest BCUT2D eigenvalue weighted by Gasteiger charge is 2.35. The number of nitrogens with one attached hydrogen (secondary N) is 1. The molecule has 2 unspecified atom stereocenters. The number of pyridine rings is 1. The van der Waals surface area contributed by atoms with Gasteiger partial charge in [0.25, 0.3) is 0 Å². The van der Waals surface area contributed by atoms with Gasteiger partial charge in [0.05, 0.1) is 45.0 Å². The van der Waals surface area contributed by atoms with Gasteiger partial charge in [-0.3, -0.25) is 19.5 Å². The molecule has 0 radical (unpaired) electrons. The summed E-state index contributed by atoms with van der Waals surface area (Å²) in [5.41, 5.74) is 3.47. The van der Waals surface area contributed by atoms with Crippen LogP contribution in [-0.2, 0) is 9.59 Å². The standard InChI is InChI=1S/C29H34ClFN8O2/c1-16(2)24-27-25(34-13-33-24)18(4)35-22-8-6-7-21(31)23(22)26-20(30)11-19(29(36-26)39(27)15-41)28(32-5)38-10-9-37(14-40)12-17(38)3/h7,11,13-18,35H,6,8-10,12H2,1-5H3/b32-28+. The molecule has 1 fully saturated rings. The number of fused-ring (bicyclic) bond motifs is 4. The van der Waals surface area contributed by atoms with Crippen LogP contribution in [0.25, 0.3) is 5.57 Å². The topological polar surface area (TPSA) is 107 Å². The summed E-state index contributed by atoms with van der Waals surface area (Å²) < 4.78 is 15.5. The zero-order valence-corrected chi connectivity index (χ0v) is 24.6. The first-order valence-corrected chi connectivity index (χ1v) is 14.2. The molecule has 1 aliphatic carbocycles. The van der Waals surface area contributed by atoms with Crippen molar-refractivity contribution >= 4 is 47.3 Å². The molecule has 41 heavy (non-hydrogen) atoms. The molecule has 2 bridgehead atoms. The second-order valence-electron chi connectivity index (χ2n) is 10.8. The third-order valence-corrected chi connectivity index (χ3v) is 8.07.